The summed E-state index contributed by atoms with van der Waals surface area (Å²) in [6.45, 7) is 0.552. The minimum Gasteiger partial charge on any atom is -0.492 e. The number of carbonyl (C=O) groups excluding carboxylic acids is 2. The van der Waals surface area contributed by atoms with Crippen molar-refractivity contribution in [1.82, 2.24) is 5.32 Å². The van der Waals surface area contributed by atoms with Crippen molar-refractivity contribution in [2.45, 2.75) is 12.8 Å². The Morgan fingerprint density at radius 2 is 1.67 bits per heavy atom. The molecule has 2 N–H and O–H groups in total. The Balaban J connectivity index is 1.56. The molecule has 0 saturated heterocycles. The number of likely N-dealkylation sites (N-methyl/N-ethyl adjacent to an activating group) is 1. The first-order valence-electron chi connectivity index (χ1n) is 9.62. The summed E-state index contributed by atoms with van der Waals surface area (Å²) >= 11 is 3.48. The van der Waals surface area contributed by atoms with Gasteiger partial charge in [0.2, 0.25) is 5.91 Å². The number of rotatable bonds is 8. The van der Waals surface area contributed by atoms with E-state index in [1.807, 2.05) is 30.3 Å². The van der Waals surface area contributed by atoms with Crippen molar-refractivity contribution >= 4 is 33.4 Å². The normalized spacial score (nSPS) is 10.3. The molecular formula is C24H23BrN2O3. The summed E-state index contributed by atoms with van der Waals surface area (Å²) in [5.74, 6) is 0.425. The van der Waals surface area contributed by atoms with E-state index < -0.39 is 0 Å². The Labute approximate surface area is 184 Å². The predicted molar refractivity (Wildman–Crippen MR) is 122 cm³/mol. The van der Waals surface area contributed by atoms with Gasteiger partial charge in [0.1, 0.15) is 5.75 Å². The topological polar surface area (TPSA) is 67.4 Å². The van der Waals surface area contributed by atoms with Gasteiger partial charge in [-0.15, -0.1) is 0 Å². The Hall–Kier alpha value is -3.12. The number of carbonyl (C=O) groups is 2. The van der Waals surface area contributed by atoms with Gasteiger partial charge in [-0.2, -0.15) is 0 Å². The molecular weight excluding hydrogens is 444 g/mol. The monoisotopic (exact) mass is 466 g/mol. The van der Waals surface area contributed by atoms with Crippen LogP contribution in [0.1, 0.15) is 21.5 Å². The Bertz CT molecular complexity index is 1000. The summed E-state index contributed by atoms with van der Waals surface area (Å²) in [6.07, 6.45) is 1.12. The third kappa shape index (κ3) is 6.19. The van der Waals surface area contributed by atoms with Crippen molar-refractivity contribution in [3.63, 3.8) is 0 Å². The zero-order chi connectivity index (χ0) is 21.3. The average Bonchev–Trinajstić information content (AvgIpc) is 2.76. The molecule has 3 aromatic rings. The second kappa shape index (κ2) is 10.6. The van der Waals surface area contributed by atoms with E-state index in [1.54, 1.807) is 37.4 Å². The lowest BCUT2D eigenvalue weighted by atomic mass is 10.1. The summed E-state index contributed by atoms with van der Waals surface area (Å²) in [6, 6.07) is 22.6. The van der Waals surface area contributed by atoms with Gasteiger partial charge in [0.05, 0.1) is 17.5 Å². The summed E-state index contributed by atoms with van der Waals surface area (Å²) in [5.41, 5.74) is 3.28. The molecule has 3 aromatic carbocycles. The molecule has 30 heavy (non-hydrogen) atoms. The molecule has 0 aromatic heterocycles. The van der Waals surface area contributed by atoms with Gasteiger partial charge >= 0.3 is 0 Å². The van der Waals surface area contributed by atoms with Crippen LogP contribution in [0.15, 0.2) is 77.3 Å². The molecule has 0 aliphatic rings. The number of amides is 2. The van der Waals surface area contributed by atoms with Gasteiger partial charge in [0.25, 0.3) is 5.91 Å². The third-order valence-electron chi connectivity index (χ3n) is 4.54. The van der Waals surface area contributed by atoms with E-state index in [2.05, 4.69) is 38.7 Å². The predicted octanol–water partition coefficient (Wildman–Crippen LogP) is 4.61. The highest BCUT2D eigenvalue weighted by atomic mass is 79.9. The molecule has 0 atom stereocenters. The van der Waals surface area contributed by atoms with Gasteiger partial charge < -0.3 is 15.4 Å². The molecule has 0 aliphatic heterocycles. The number of anilines is 1. The maximum absolute atomic E-state index is 12.5. The SMILES string of the molecule is CNC(=O)Cc1ccc(NC(=O)c2ccc(OCCc3ccccc3)c(Br)c2)cc1. The molecule has 0 saturated carbocycles. The molecule has 0 bridgehead atoms. The number of hydrogen-bond acceptors (Lipinski definition) is 3. The minimum absolute atomic E-state index is 0.0530. The molecule has 0 unspecified atom stereocenters. The molecule has 5 nitrogen and oxygen atoms in total. The largest absolute Gasteiger partial charge is 0.492 e. The molecule has 154 valence electrons. The van der Waals surface area contributed by atoms with Crippen molar-refractivity contribution in [2.24, 2.45) is 0 Å². The number of nitrogens with one attached hydrogen (secondary N) is 2. The molecule has 6 heteroatoms. The second-order valence-electron chi connectivity index (χ2n) is 6.73. The number of ether oxygens (including phenoxy) is 1. The summed E-state index contributed by atoms with van der Waals surface area (Å²) in [5, 5.41) is 5.45. The second-order valence-corrected chi connectivity index (χ2v) is 7.58. The van der Waals surface area contributed by atoms with Crippen LogP contribution in [-0.2, 0) is 17.6 Å². The highest BCUT2D eigenvalue weighted by molar-refractivity contribution is 9.10. The van der Waals surface area contributed by atoms with E-state index in [0.717, 1.165) is 16.5 Å². The van der Waals surface area contributed by atoms with E-state index in [9.17, 15) is 9.59 Å². The van der Waals surface area contributed by atoms with Crippen LogP contribution in [0.2, 0.25) is 0 Å². The Morgan fingerprint density at radius 1 is 0.933 bits per heavy atom. The lowest BCUT2D eigenvalue weighted by Crippen LogP contribution is -2.19. The van der Waals surface area contributed by atoms with E-state index >= 15 is 0 Å². The fraction of sp³-hybridized carbons (Fsp3) is 0.167. The maximum atomic E-state index is 12.5. The third-order valence-corrected chi connectivity index (χ3v) is 5.16. The smallest absolute Gasteiger partial charge is 0.255 e. The van der Waals surface area contributed by atoms with Crippen molar-refractivity contribution in [3.05, 3.63) is 94.0 Å². The first kappa shape index (κ1) is 21.6. The van der Waals surface area contributed by atoms with Crippen molar-refractivity contribution < 1.29 is 14.3 Å². The zero-order valence-electron chi connectivity index (χ0n) is 16.7. The highest BCUT2D eigenvalue weighted by Gasteiger charge is 2.10. The lowest BCUT2D eigenvalue weighted by Gasteiger charge is -2.11. The standard InChI is InChI=1S/C24H23BrN2O3/c1-26-23(28)15-18-7-10-20(11-8-18)27-24(29)19-9-12-22(21(25)16-19)30-14-13-17-5-3-2-4-6-17/h2-12,16H,13-15H2,1H3,(H,26,28)(H,27,29). The number of halogens is 1. The molecule has 0 spiro atoms. The molecule has 0 radical (unpaired) electrons. The Morgan fingerprint density at radius 3 is 2.33 bits per heavy atom. The number of hydrogen-bond donors (Lipinski definition) is 2. The highest BCUT2D eigenvalue weighted by Crippen LogP contribution is 2.26. The molecule has 0 heterocycles. The number of benzene rings is 3. The van der Waals surface area contributed by atoms with E-state index in [-0.39, 0.29) is 11.8 Å². The molecule has 2 amide bonds. The zero-order valence-corrected chi connectivity index (χ0v) is 18.2. The van der Waals surface area contributed by atoms with Crippen LogP contribution in [0.3, 0.4) is 0 Å². The Kier molecular flexibility index (Phi) is 7.63. The van der Waals surface area contributed by atoms with Crippen LogP contribution in [-0.4, -0.2) is 25.5 Å². The molecule has 0 aliphatic carbocycles. The van der Waals surface area contributed by atoms with Crippen molar-refractivity contribution in [2.75, 3.05) is 19.0 Å². The summed E-state index contributed by atoms with van der Waals surface area (Å²) in [7, 11) is 1.61. The fourth-order valence-electron chi connectivity index (χ4n) is 2.87. The van der Waals surface area contributed by atoms with E-state index in [0.29, 0.717) is 30.0 Å². The first-order valence-corrected chi connectivity index (χ1v) is 10.4. The minimum atomic E-state index is -0.217. The van der Waals surface area contributed by atoms with Crippen molar-refractivity contribution in [3.8, 4) is 5.75 Å². The average molecular weight is 467 g/mol. The lowest BCUT2D eigenvalue weighted by molar-refractivity contribution is -0.119. The van der Waals surface area contributed by atoms with E-state index in [4.69, 9.17) is 4.74 Å². The summed E-state index contributed by atoms with van der Waals surface area (Å²) in [4.78, 5) is 24.0. The van der Waals surface area contributed by atoms with Crippen LogP contribution in [0, 0.1) is 0 Å². The van der Waals surface area contributed by atoms with Gasteiger partial charge in [0.15, 0.2) is 0 Å². The quantitative estimate of drug-likeness (QED) is 0.509. The first-order chi connectivity index (χ1) is 14.5. The maximum Gasteiger partial charge on any atom is 0.255 e. The van der Waals surface area contributed by atoms with Crippen LogP contribution >= 0.6 is 15.9 Å². The van der Waals surface area contributed by atoms with Crippen LogP contribution in [0.5, 0.6) is 5.75 Å². The van der Waals surface area contributed by atoms with Gasteiger partial charge in [-0.25, -0.2) is 0 Å². The summed E-state index contributed by atoms with van der Waals surface area (Å²) < 4.78 is 6.56. The fourth-order valence-corrected chi connectivity index (χ4v) is 3.36. The van der Waals surface area contributed by atoms with Crippen molar-refractivity contribution in [1.29, 1.82) is 0 Å². The molecule has 3 rings (SSSR count). The van der Waals surface area contributed by atoms with Gasteiger partial charge in [0, 0.05) is 24.7 Å². The molecule has 0 fully saturated rings. The van der Waals surface area contributed by atoms with Gasteiger partial charge in [-0.1, -0.05) is 42.5 Å². The van der Waals surface area contributed by atoms with Crippen LogP contribution in [0.4, 0.5) is 5.69 Å². The van der Waals surface area contributed by atoms with E-state index in [1.165, 1.54) is 5.56 Å². The van der Waals surface area contributed by atoms with Crippen LogP contribution < -0.4 is 15.4 Å². The van der Waals surface area contributed by atoms with Gasteiger partial charge in [-0.05, 0) is 57.4 Å². The van der Waals surface area contributed by atoms with Gasteiger partial charge in [-0.3, -0.25) is 9.59 Å². The van der Waals surface area contributed by atoms with Crippen LogP contribution in [0.25, 0.3) is 0 Å².